The van der Waals surface area contributed by atoms with Gasteiger partial charge in [-0.2, -0.15) is 13.2 Å². The molecule has 0 radical (unpaired) electrons. The van der Waals surface area contributed by atoms with Gasteiger partial charge in [0.1, 0.15) is 5.82 Å². The third-order valence-corrected chi connectivity index (χ3v) is 3.07. The van der Waals surface area contributed by atoms with Gasteiger partial charge in [-0.25, -0.2) is 9.97 Å². The van der Waals surface area contributed by atoms with Crippen molar-refractivity contribution in [3.8, 4) is 11.4 Å². The number of nitrogens with two attached hydrogens (primary N) is 1. The monoisotopic (exact) mass is 365 g/mol. The summed E-state index contributed by atoms with van der Waals surface area (Å²) >= 11 is 1.98. The van der Waals surface area contributed by atoms with E-state index in [2.05, 4.69) is 9.97 Å². The average Bonchev–Trinajstić information content (AvgIpc) is 2.32. The van der Waals surface area contributed by atoms with Crippen LogP contribution < -0.4 is 5.73 Å². The van der Waals surface area contributed by atoms with Gasteiger partial charge in [0.05, 0.1) is 9.13 Å². The second-order valence-corrected chi connectivity index (χ2v) is 4.66. The maximum absolute atomic E-state index is 12.4. The van der Waals surface area contributed by atoms with Crippen molar-refractivity contribution in [3.05, 3.63) is 39.6 Å². The molecule has 2 aromatic rings. The molecule has 0 unspecified atom stereocenters. The highest BCUT2D eigenvalue weighted by Crippen LogP contribution is 2.30. The van der Waals surface area contributed by atoms with Crippen LogP contribution in [0.25, 0.3) is 11.4 Å². The third kappa shape index (κ3) is 2.71. The quantitative estimate of drug-likeness (QED) is 0.789. The second-order valence-electron chi connectivity index (χ2n) is 3.50. The Hall–Kier alpha value is -1.38. The molecule has 0 aliphatic rings. The van der Waals surface area contributed by atoms with Gasteiger partial charge >= 0.3 is 6.18 Å². The van der Waals surface area contributed by atoms with E-state index in [1.807, 2.05) is 22.6 Å². The van der Waals surface area contributed by atoms with Gasteiger partial charge < -0.3 is 5.73 Å². The number of nitrogens with zero attached hydrogens (tertiary/aromatic N) is 2. The summed E-state index contributed by atoms with van der Waals surface area (Å²) in [6.07, 6.45) is -2.82. The summed E-state index contributed by atoms with van der Waals surface area (Å²) in [4.78, 5) is 8.03. The second kappa shape index (κ2) is 4.71. The van der Waals surface area contributed by atoms with Crippen LogP contribution in [0.2, 0.25) is 0 Å². The molecule has 0 fully saturated rings. The van der Waals surface area contributed by atoms with Crippen molar-refractivity contribution < 1.29 is 13.2 Å². The summed E-state index contributed by atoms with van der Waals surface area (Å²) in [7, 11) is 0. The number of halogens is 4. The molecule has 7 heteroatoms. The van der Waals surface area contributed by atoms with Crippen molar-refractivity contribution in [1.82, 2.24) is 9.97 Å². The summed E-state index contributed by atoms with van der Waals surface area (Å²) in [6, 6.07) is 4.63. The van der Waals surface area contributed by atoms with Gasteiger partial charge in [-0.1, -0.05) is 12.1 Å². The molecule has 1 aromatic carbocycles. The molecule has 0 saturated carbocycles. The Balaban J connectivity index is 2.37. The SMILES string of the molecule is Nc1nc(-c2ccc(C(F)(F)F)cc2)ncc1I. The van der Waals surface area contributed by atoms with Crippen molar-refractivity contribution >= 4 is 28.4 Å². The number of benzene rings is 1. The summed E-state index contributed by atoms with van der Waals surface area (Å²) in [5.74, 6) is 0.613. The number of hydrogen-bond donors (Lipinski definition) is 1. The van der Waals surface area contributed by atoms with E-state index in [1.165, 1.54) is 18.3 Å². The Morgan fingerprint density at radius 1 is 1.11 bits per heavy atom. The number of rotatable bonds is 1. The Kier molecular flexibility index (Phi) is 3.42. The molecular formula is C11H7F3IN3. The van der Waals surface area contributed by atoms with E-state index >= 15 is 0 Å². The zero-order valence-electron chi connectivity index (χ0n) is 8.87. The zero-order valence-corrected chi connectivity index (χ0v) is 11.0. The lowest BCUT2D eigenvalue weighted by Gasteiger charge is -2.07. The molecule has 0 aliphatic carbocycles. The first-order chi connectivity index (χ1) is 8.38. The van der Waals surface area contributed by atoms with Crippen LogP contribution in [-0.2, 0) is 6.18 Å². The third-order valence-electron chi connectivity index (χ3n) is 2.24. The van der Waals surface area contributed by atoms with Crippen molar-refractivity contribution in [1.29, 1.82) is 0 Å². The lowest BCUT2D eigenvalue weighted by Crippen LogP contribution is -2.04. The van der Waals surface area contributed by atoms with Crippen LogP contribution in [0, 0.1) is 3.57 Å². The number of alkyl halides is 3. The molecule has 1 heterocycles. The lowest BCUT2D eigenvalue weighted by molar-refractivity contribution is -0.137. The fourth-order valence-electron chi connectivity index (χ4n) is 1.33. The molecule has 18 heavy (non-hydrogen) atoms. The molecule has 0 amide bonds. The van der Waals surface area contributed by atoms with E-state index in [4.69, 9.17) is 5.73 Å². The van der Waals surface area contributed by atoms with Crippen LogP contribution in [0.4, 0.5) is 19.0 Å². The normalized spacial score (nSPS) is 11.6. The largest absolute Gasteiger partial charge is 0.416 e. The number of anilines is 1. The molecule has 3 nitrogen and oxygen atoms in total. The van der Waals surface area contributed by atoms with Gasteiger partial charge in [0.25, 0.3) is 0 Å². The van der Waals surface area contributed by atoms with E-state index in [0.717, 1.165) is 12.1 Å². The fraction of sp³-hybridized carbons (Fsp3) is 0.0909. The first-order valence-electron chi connectivity index (χ1n) is 4.83. The van der Waals surface area contributed by atoms with Crippen molar-refractivity contribution in [3.63, 3.8) is 0 Å². The fourth-order valence-corrected chi connectivity index (χ4v) is 1.59. The number of nitrogen functional groups attached to an aromatic ring is 1. The lowest BCUT2D eigenvalue weighted by atomic mass is 10.1. The van der Waals surface area contributed by atoms with E-state index in [0.29, 0.717) is 20.8 Å². The van der Waals surface area contributed by atoms with Gasteiger partial charge in [-0.05, 0) is 34.7 Å². The highest BCUT2D eigenvalue weighted by Gasteiger charge is 2.30. The van der Waals surface area contributed by atoms with Crippen LogP contribution in [0.5, 0.6) is 0 Å². The minimum absolute atomic E-state index is 0.306. The predicted octanol–water partition coefficient (Wildman–Crippen LogP) is 3.35. The Morgan fingerprint density at radius 2 is 1.72 bits per heavy atom. The molecular weight excluding hydrogens is 358 g/mol. The Labute approximate surface area is 114 Å². The molecule has 0 bridgehead atoms. The Bertz CT molecular complexity index is 567. The van der Waals surface area contributed by atoms with E-state index < -0.39 is 11.7 Å². The van der Waals surface area contributed by atoms with Gasteiger partial charge in [-0.3, -0.25) is 0 Å². The van der Waals surface area contributed by atoms with Crippen LogP contribution in [0.15, 0.2) is 30.5 Å². The topological polar surface area (TPSA) is 51.8 Å². The molecule has 0 atom stereocenters. The Morgan fingerprint density at radius 3 is 2.22 bits per heavy atom. The van der Waals surface area contributed by atoms with E-state index in [1.54, 1.807) is 0 Å². The summed E-state index contributed by atoms with van der Waals surface area (Å²) in [5.41, 5.74) is 5.41. The van der Waals surface area contributed by atoms with Gasteiger partial charge in [-0.15, -0.1) is 0 Å². The molecule has 94 valence electrons. The summed E-state index contributed by atoms with van der Waals surface area (Å²) < 4.78 is 37.9. The van der Waals surface area contributed by atoms with Crippen LogP contribution in [-0.4, -0.2) is 9.97 Å². The molecule has 2 rings (SSSR count). The highest BCUT2D eigenvalue weighted by molar-refractivity contribution is 14.1. The van der Waals surface area contributed by atoms with Gasteiger partial charge in [0.2, 0.25) is 0 Å². The van der Waals surface area contributed by atoms with Crippen LogP contribution in [0.3, 0.4) is 0 Å². The molecule has 0 saturated heterocycles. The minimum atomic E-state index is -4.34. The summed E-state index contributed by atoms with van der Waals surface area (Å²) in [5, 5.41) is 0. The maximum atomic E-state index is 12.4. The number of hydrogen-bond acceptors (Lipinski definition) is 3. The zero-order chi connectivity index (χ0) is 13.3. The summed E-state index contributed by atoms with van der Waals surface area (Å²) in [6.45, 7) is 0. The molecule has 1 aromatic heterocycles. The molecule has 2 N–H and O–H groups in total. The molecule has 0 spiro atoms. The predicted molar refractivity (Wildman–Crippen MR) is 69.6 cm³/mol. The van der Waals surface area contributed by atoms with Crippen molar-refractivity contribution in [2.75, 3.05) is 5.73 Å². The first kappa shape index (κ1) is 13.1. The van der Waals surface area contributed by atoms with Gasteiger partial charge in [0.15, 0.2) is 5.82 Å². The highest BCUT2D eigenvalue weighted by atomic mass is 127. The average molecular weight is 365 g/mol. The van der Waals surface area contributed by atoms with E-state index in [-0.39, 0.29) is 0 Å². The maximum Gasteiger partial charge on any atom is 0.416 e. The van der Waals surface area contributed by atoms with Crippen molar-refractivity contribution in [2.24, 2.45) is 0 Å². The minimum Gasteiger partial charge on any atom is -0.383 e. The van der Waals surface area contributed by atoms with E-state index in [9.17, 15) is 13.2 Å². The van der Waals surface area contributed by atoms with Crippen molar-refractivity contribution in [2.45, 2.75) is 6.18 Å². The van der Waals surface area contributed by atoms with Crippen LogP contribution >= 0.6 is 22.6 Å². The molecule has 0 aliphatic heterocycles. The van der Waals surface area contributed by atoms with Gasteiger partial charge in [0, 0.05) is 11.8 Å². The smallest absolute Gasteiger partial charge is 0.383 e. The first-order valence-corrected chi connectivity index (χ1v) is 5.91. The number of aromatic nitrogens is 2. The standard InChI is InChI=1S/C11H7F3IN3/c12-11(13,14)7-3-1-6(2-4-7)10-17-5-8(15)9(16)18-10/h1-5H,(H2,16,17,18). The van der Waals surface area contributed by atoms with Crippen LogP contribution in [0.1, 0.15) is 5.56 Å².